The highest BCUT2D eigenvalue weighted by Crippen LogP contribution is 2.18. The van der Waals surface area contributed by atoms with Gasteiger partial charge in [0.1, 0.15) is 0 Å². The minimum absolute atomic E-state index is 0.00824. The Balaban J connectivity index is 1.66. The highest BCUT2D eigenvalue weighted by Gasteiger charge is 2.27. The third-order valence-corrected chi connectivity index (χ3v) is 8.23. The number of benzene rings is 2. The Morgan fingerprint density at radius 3 is 1.97 bits per heavy atom. The summed E-state index contributed by atoms with van der Waals surface area (Å²) in [6, 6.07) is 11.0. The Hall–Kier alpha value is -2.31. The van der Waals surface area contributed by atoms with E-state index >= 15 is 0 Å². The molecule has 0 saturated carbocycles. The van der Waals surface area contributed by atoms with Crippen molar-refractivity contribution in [1.29, 1.82) is 0 Å². The second-order valence-electron chi connectivity index (χ2n) is 7.01. The topological polar surface area (TPSA) is 124 Å². The second-order valence-corrected chi connectivity index (χ2v) is 10.7. The van der Waals surface area contributed by atoms with Gasteiger partial charge < -0.3 is 10.0 Å². The van der Waals surface area contributed by atoms with E-state index in [0.29, 0.717) is 31.7 Å². The molecule has 0 unspecified atom stereocenters. The van der Waals surface area contributed by atoms with Crippen LogP contribution < -0.4 is 4.72 Å². The van der Waals surface area contributed by atoms with Crippen molar-refractivity contribution in [3.63, 3.8) is 0 Å². The SMILES string of the molecule is CN1CCN(S(=O)(=O)c2ccc(CNS(=O)(=O)c3ccc(C(=O)O)cc3)cc2)CC1. The van der Waals surface area contributed by atoms with E-state index in [1.807, 2.05) is 7.05 Å². The fraction of sp³-hybridized carbons (Fsp3) is 0.316. The highest BCUT2D eigenvalue weighted by atomic mass is 32.2. The molecule has 0 radical (unpaired) electrons. The lowest BCUT2D eigenvalue weighted by molar-refractivity contribution is 0.0696. The molecule has 1 saturated heterocycles. The quantitative estimate of drug-likeness (QED) is 0.635. The molecule has 1 fully saturated rings. The first kappa shape index (κ1) is 22.4. The maximum absolute atomic E-state index is 12.7. The molecule has 162 valence electrons. The molecule has 0 atom stereocenters. The van der Waals surface area contributed by atoms with Crippen LogP contribution in [0.15, 0.2) is 58.3 Å². The number of hydrogen-bond donors (Lipinski definition) is 2. The molecule has 2 N–H and O–H groups in total. The lowest BCUT2D eigenvalue weighted by atomic mass is 10.2. The number of carboxylic acid groups (broad SMARTS) is 1. The first-order valence-electron chi connectivity index (χ1n) is 9.20. The van der Waals surface area contributed by atoms with Crippen molar-refractivity contribution in [3.8, 4) is 0 Å². The molecule has 1 aliphatic heterocycles. The average Bonchev–Trinajstić information content (AvgIpc) is 2.73. The summed E-state index contributed by atoms with van der Waals surface area (Å²) >= 11 is 0. The highest BCUT2D eigenvalue weighted by molar-refractivity contribution is 7.89. The maximum Gasteiger partial charge on any atom is 0.335 e. The van der Waals surface area contributed by atoms with E-state index in [1.54, 1.807) is 12.1 Å². The van der Waals surface area contributed by atoms with E-state index in [9.17, 15) is 21.6 Å². The standard InChI is InChI=1S/C19H23N3O6S2/c1-21-10-12-22(13-11-21)30(27,28)18-6-2-15(3-7-18)14-20-29(25,26)17-8-4-16(5-9-17)19(23)24/h2-9,20H,10-14H2,1H3,(H,23,24). The summed E-state index contributed by atoms with van der Waals surface area (Å²) in [5, 5.41) is 8.89. The molecular weight excluding hydrogens is 430 g/mol. The summed E-state index contributed by atoms with van der Waals surface area (Å²) < 4.78 is 54.1. The van der Waals surface area contributed by atoms with Gasteiger partial charge in [0, 0.05) is 32.7 Å². The summed E-state index contributed by atoms with van der Waals surface area (Å²) in [5.74, 6) is -1.14. The number of nitrogens with zero attached hydrogens (tertiary/aromatic N) is 2. The molecule has 11 heteroatoms. The molecule has 0 spiro atoms. The number of aromatic carboxylic acids is 1. The zero-order valence-corrected chi connectivity index (χ0v) is 18.0. The van der Waals surface area contributed by atoms with Crippen LogP contribution in [-0.2, 0) is 26.6 Å². The average molecular weight is 454 g/mol. The van der Waals surface area contributed by atoms with Crippen molar-refractivity contribution in [1.82, 2.24) is 13.9 Å². The Bertz CT molecular complexity index is 1110. The molecule has 0 bridgehead atoms. The van der Waals surface area contributed by atoms with Crippen LogP contribution in [0.2, 0.25) is 0 Å². The number of sulfonamides is 2. The molecule has 2 aromatic carbocycles. The fourth-order valence-corrected chi connectivity index (χ4v) is 5.44. The number of carboxylic acids is 1. The molecule has 0 aliphatic carbocycles. The van der Waals surface area contributed by atoms with Crippen molar-refractivity contribution in [3.05, 3.63) is 59.7 Å². The smallest absolute Gasteiger partial charge is 0.335 e. The summed E-state index contributed by atoms with van der Waals surface area (Å²) in [5.41, 5.74) is 0.587. The van der Waals surface area contributed by atoms with Gasteiger partial charge in [-0.05, 0) is 49.0 Å². The predicted octanol–water partition coefficient (Wildman–Crippen LogP) is 0.799. The van der Waals surface area contributed by atoms with Gasteiger partial charge >= 0.3 is 5.97 Å². The molecular formula is C19H23N3O6S2. The minimum Gasteiger partial charge on any atom is -0.478 e. The van der Waals surface area contributed by atoms with E-state index in [-0.39, 0.29) is 21.9 Å². The Labute approximate surface area is 176 Å². The molecule has 3 rings (SSSR count). The summed E-state index contributed by atoms with van der Waals surface area (Å²) in [4.78, 5) is 13.1. The number of hydrogen-bond acceptors (Lipinski definition) is 6. The van der Waals surface area contributed by atoms with Crippen LogP contribution in [0.5, 0.6) is 0 Å². The second kappa shape index (κ2) is 8.82. The summed E-state index contributed by atoms with van der Waals surface area (Å²) in [6.07, 6.45) is 0. The largest absolute Gasteiger partial charge is 0.478 e. The minimum atomic E-state index is -3.84. The Morgan fingerprint density at radius 1 is 0.900 bits per heavy atom. The lowest BCUT2D eigenvalue weighted by Crippen LogP contribution is -2.47. The van der Waals surface area contributed by atoms with Crippen molar-refractivity contribution < 1.29 is 26.7 Å². The normalized spacial score (nSPS) is 16.4. The monoisotopic (exact) mass is 453 g/mol. The van der Waals surface area contributed by atoms with Gasteiger partial charge in [-0.15, -0.1) is 0 Å². The summed E-state index contributed by atoms with van der Waals surface area (Å²) in [6.45, 7) is 2.18. The Morgan fingerprint density at radius 2 is 1.43 bits per heavy atom. The van der Waals surface area contributed by atoms with E-state index in [2.05, 4.69) is 9.62 Å². The first-order chi connectivity index (χ1) is 14.1. The van der Waals surface area contributed by atoms with Gasteiger partial charge in [-0.1, -0.05) is 12.1 Å². The number of piperazine rings is 1. The predicted molar refractivity (Wildman–Crippen MR) is 110 cm³/mol. The van der Waals surface area contributed by atoms with Gasteiger partial charge in [0.15, 0.2) is 0 Å². The number of carbonyl (C=O) groups is 1. The molecule has 9 nitrogen and oxygen atoms in total. The van der Waals surface area contributed by atoms with Crippen molar-refractivity contribution in [2.24, 2.45) is 0 Å². The number of nitrogens with one attached hydrogen (secondary N) is 1. The van der Waals surface area contributed by atoms with E-state index in [1.165, 1.54) is 40.7 Å². The van der Waals surface area contributed by atoms with Gasteiger partial charge in [-0.3, -0.25) is 0 Å². The van der Waals surface area contributed by atoms with E-state index < -0.39 is 26.0 Å². The van der Waals surface area contributed by atoms with Crippen molar-refractivity contribution in [2.75, 3.05) is 33.2 Å². The third-order valence-electron chi connectivity index (χ3n) is 4.90. The fourth-order valence-electron chi connectivity index (χ4n) is 3.00. The van der Waals surface area contributed by atoms with E-state index in [4.69, 9.17) is 5.11 Å². The third kappa shape index (κ3) is 5.05. The van der Waals surface area contributed by atoms with Gasteiger partial charge in [0.2, 0.25) is 20.0 Å². The van der Waals surface area contributed by atoms with Gasteiger partial charge in [0.25, 0.3) is 0 Å². The van der Waals surface area contributed by atoms with Crippen LogP contribution >= 0.6 is 0 Å². The van der Waals surface area contributed by atoms with Gasteiger partial charge in [-0.25, -0.2) is 26.4 Å². The summed E-state index contributed by atoms with van der Waals surface area (Å²) in [7, 11) is -5.47. The van der Waals surface area contributed by atoms with Crippen LogP contribution in [0.25, 0.3) is 0 Å². The zero-order valence-electron chi connectivity index (χ0n) is 16.4. The first-order valence-corrected chi connectivity index (χ1v) is 12.1. The maximum atomic E-state index is 12.7. The molecule has 0 aromatic heterocycles. The molecule has 1 aliphatic rings. The lowest BCUT2D eigenvalue weighted by Gasteiger charge is -2.31. The molecule has 0 amide bonds. The van der Waals surface area contributed by atoms with Gasteiger partial charge in [0.05, 0.1) is 15.4 Å². The van der Waals surface area contributed by atoms with Crippen LogP contribution in [0.1, 0.15) is 15.9 Å². The van der Waals surface area contributed by atoms with Crippen molar-refractivity contribution in [2.45, 2.75) is 16.3 Å². The number of rotatable bonds is 7. The zero-order chi connectivity index (χ0) is 21.9. The van der Waals surface area contributed by atoms with Gasteiger partial charge in [-0.2, -0.15) is 4.31 Å². The Kier molecular flexibility index (Phi) is 6.58. The van der Waals surface area contributed by atoms with Crippen LogP contribution in [0.4, 0.5) is 0 Å². The van der Waals surface area contributed by atoms with Crippen molar-refractivity contribution >= 4 is 26.0 Å². The molecule has 30 heavy (non-hydrogen) atoms. The molecule has 2 aromatic rings. The van der Waals surface area contributed by atoms with Crippen LogP contribution in [0, 0.1) is 0 Å². The number of likely N-dealkylation sites (N-methyl/N-ethyl adjacent to an activating group) is 1. The molecule has 1 heterocycles. The van der Waals surface area contributed by atoms with E-state index in [0.717, 1.165) is 0 Å². The van der Waals surface area contributed by atoms with Crippen LogP contribution in [0.3, 0.4) is 0 Å². The van der Waals surface area contributed by atoms with Crippen LogP contribution in [-0.4, -0.2) is 70.3 Å².